The van der Waals surface area contributed by atoms with Crippen LogP contribution in [0.25, 0.3) is 0 Å². The fraction of sp³-hybridized carbons (Fsp3) is 0.864. The van der Waals surface area contributed by atoms with Crippen molar-refractivity contribution in [3.63, 3.8) is 0 Å². The average Bonchev–Trinajstić information content (AvgIpc) is 3.16. The topological polar surface area (TPSA) is 79.3 Å². The zero-order valence-electron chi connectivity index (χ0n) is 17.9. The highest BCUT2D eigenvalue weighted by Gasteiger charge is 2.59. The Morgan fingerprint density at radius 2 is 1.59 bits per heavy atom. The van der Waals surface area contributed by atoms with Gasteiger partial charge < -0.3 is 25.8 Å². The second kappa shape index (κ2) is 7.56. The average molecular weight is 382 g/mol. The summed E-state index contributed by atoms with van der Waals surface area (Å²) >= 11 is 0. The van der Waals surface area contributed by atoms with Crippen LogP contribution in [0.5, 0.6) is 0 Å². The molecule has 1 saturated heterocycles. The summed E-state index contributed by atoms with van der Waals surface area (Å²) in [5.74, 6) is 1.16. The molecule has 27 heavy (non-hydrogen) atoms. The molecule has 3 rings (SSSR count). The van der Waals surface area contributed by atoms with Crippen LogP contribution >= 0.6 is 0 Å². The van der Waals surface area contributed by atoms with Crippen LogP contribution in [0.15, 0.2) is 0 Å². The van der Waals surface area contributed by atoms with Gasteiger partial charge in [-0.05, 0) is 59.3 Å². The molecule has 8 atom stereocenters. The van der Waals surface area contributed by atoms with Gasteiger partial charge in [-0.15, -0.1) is 0 Å². The van der Waals surface area contributed by atoms with Crippen molar-refractivity contribution in [1.29, 1.82) is 0 Å². The number of quaternary nitrogens is 3. The first kappa shape index (κ1) is 21.5. The second-order valence-corrected chi connectivity index (χ2v) is 10.6. The monoisotopic (exact) mass is 381 g/mol. The third-order valence-corrected chi connectivity index (χ3v) is 8.68. The van der Waals surface area contributed by atoms with E-state index in [0.717, 1.165) is 38.5 Å². The Labute approximate surface area is 166 Å². The van der Waals surface area contributed by atoms with Gasteiger partial charge in [0.1, 0.15) is 12.2 Å². The molecule has 0 unspecified atom stereocenters. The van der Waals surface area contributed by atoms with Crippen molar-refractivity contribution in [3.8, 4) is 0 Å². The van der Waals surface area contributed by atoms with E-state index in [1.54, 1.807) is 0 Å². The van der Waals surface area contributed by atoms with Gasteiger partial charge in [0.2, 0.25) is 0 Å². The Bertz CT molecular complexity index is 528. The second-order valence-electron chi connectivity index (χ2n) is 10.6. The van der Waals surface area contributed by atoms with Gasteiger partial charge in [0, 0.05) is 24.7 Å². The van der Waals surface area contributed by atoms with Crippen molar-refractivity contribution in [2.24, 2.45) is 17.8 Å². The minimum Gasteiger partial charge on any atom is -0.474 e. The summed E-state index contributed by atoms with van der Waals surface area (Å²) in [6.07, 6.45) is 6.71. The highest BCUT2D eigenvalue weighted by Crippen LogP contribution is 2.52. The number of nitrogens with two attached hydrogens (primary N) is 3. The smallest absolute Gasteiger partial charge is 0.110 e. The molecule has 0 amide bonds. The maximum atomic E-state index is 11.5. The number of hydrogen-bond acceptors (Lipinski definition) is 2. The number of hydrogen-bond donors (Lipinski definition) is 4. The lowest BCUT2D eigenvalue weighted by atomic mass is 9.53. The first-order chi connectivity index (χ1) is 12.6. The molecular weight excluding hydrogens is 338 g/mol. The Hall–Kier alpha value is -0.200. The molecule has 3 fully saturated rings. The predicted molar refractivity (Wildman–Crippen MR) is 106 cm³/mol. The lowest BCUT2D eigenvalue weighted by molar-refractivity contribution is -0.704. The summed E-state index contributed by atoms with van der Waals surface area (Å²) in [7, 11) is 12.2. The van der Waals surface area contributed by atoms with E-state index < -0.39 is 0 Å². The van der Waals surface area contributed by atoms with Gasteiger partial charge in [0.25, 0.3) is 0 Å². The molecule has 0 radical (unpaired) electrons. The van der Waals surface area contributed by atoms with Crippen molar-refractivity contribution in [2.45, 2.75) is 101 Å². The van der Waals surface area contributed by atoms with Crippen molar-refractivity contribution >= 4 is 0 Å². The lowest BCUT2D eigenvalue weighted by Gasteiger charge is -2.57. The standard InChI is InChI=1S/C22H43N3O2/c1-20(2,23-5)17-9-8-16(27-17)14-10-12-21(3,24-6)15-11-13-22(4,25-7)19(26)18(14)15/h14-19,26H,5-13,23-25H2,1-4H3/t14-,15+,16-,17+,18-,19+,21+,22+/m1/s1. The molecule has 1 aliphatic heterocycles. The van der Waals surface area contributed by atoms with Crippen LogP contribution in [0.2, 0.25) is 0 Å². The Morgan fingerprint density at radius 1 is 0.963 bits per heavy atom. The fourth-order valence-corrected chi connectivity index (χ4v) is 6.19. The minimum absolute atomic E-state index is 0.000733. The van der Waals surface area contributed by atoms with Gasteiger partial charge >= 0.3 is 0 Å². The first-order valence-electron chi connectivity index (χ1n) is 10.9. The summed E-state index contributed by atoms with van der Waals surface area (Å²) in [6, 6.07) is 0. The molecule has 0 aromatic rings. The number of aliphatic hydroxyl groups is 1. The minimum atomic E-state index is -0.353. The third kappa shape index (κ3) is 3.59. The van der Waals surface area contributed by atoms with Gasteiger partial charge in [-0.1, -0.05) is 0 Å². The summed E-state index contributed by atoms with van der Waals surface area (Å²) in [5, 5.41) is 17.7. The van der Waals surface area contributed by atoms with Crippen LogP contribution in [0.1, 0.15) is 66.2 Å². The largest absolute Gasteiger partial charge is 0.474 e. The van der Waals surface area contributed by atoms with Gasteiger partial charge in [-0.25, -0.2) is 0 Å². The molecule has 158 valence electrons. The molecule has 1 heterocycles. The molecule has 0 spiro atoms. The van der Waals surface area contributed by atoms with Gasteiger partial charge in [-0.3, -0.25) is 0 Å². The number of fused-ring (bicyclic) bond motifs is 1. The Balaban J connectivity index is 1.85. The van der Waals surface area contributed by atoms with E-state index in [1.807, 2.05) is 10.6 Å². The van der Waals surface area contributed by atoms with E-state index in [2.05, 4.69) is 54.2 Å². The van der Waals surface area contributed by atoms with Gasteiger partial charge in [0.15, 0.2) is 0 Å². The highest BCUT2D eigenvalue weighted by atomic mass is 16.5. The first-order valence-corrected chi connectivity index (χ1v) is 10.9. The zero-order valence-corrected chi connectivity index (χ0v) is 17.9. The molecule has 2 aliphatic carbocycles. The Morgan fingerprint density at radius 3 is 2.19 bits per heavy atom. The summed E-state index contributed by atoms with van der Waals surface area (Å²) < 4.78 is 6.62. The van der Waals surface area contributed by atoms with Crippen LogP contribution < -0.4 is 16.0 Å². The van der Waals surface area contributed by atoms with E-state index >= 15 is 0 Å². The van der Waals surface area contributed by atoms with Crippen LogP contribution in [0.4, 0.5) is 0 Å². The number of ether oxygens (including phenoxy) is 1. The fourth-order valence-electron chi connectivity index (χ4n) is 6.19. The molecule has 3 aliphatic rings. The van der Waals surface area contributed by atoms with Crippen LogP contribution in [-0.4, -0.2) is 40.0 Å². The van der Waals surface area contributed by atoms with Crippen LogP contribution in [-0.2, 0) is 4.74 Å². The molecular formula is C22H43N3O2. The quantitative estimate of drug-likeness (QED) is 0.493. The maximum absolute atomic E-state index is 11.5. The summed E-state index contributed by atoms with van der Waals surface area (Å²) in [6.45, 7) is 8.96. The van der Waals surface area contributed by atoms with Gasteiger partial charge in [-0.2, -0.15) is 21.1 Å². The van der Waals surface area contributed by atoms with E-state index in [0.29, 0.717) is 11.8 Å². The Kier molecular flexibility index (Phi) is 6.03. The van der Waals surface area contributed by atoms with Gasteiger partial charge in [0.05, 0.1) is 22.7 Å². The van der Waals surface area contributed by atoms with Crippen molar-refractivity contribution in [3.05, 3.63) is 21.1 Å². The van der Waals surface area contributed by atoms with Crippen LogP contribution in [0, 0.1) is 38.9 Å². The third-order valence-electron chi connectivity index (χ3n) is 8.68. The molecule has 7 N–H and O–H groups in total. The molecule has 0 bridgehead atoms. The van der Waals surface area contributed by atoms with E-state index in [-0.39, 0.29) is 40.8 Å². The van der Waals surface area contributed by atoms with Crippen molar-refractivity contribution in [2.75, 3.05) is 0 Å². The highest BCUT2D eigenvalue weighted by molar-refractivity contribution is 5.07. The van der Waals surface area contributed by atoms with Crippen LogP contribution in [0.3, 0.4) is 0 Å². The van der Waals surface area contributed by atoms with Crippen molar-refractivity contribution < 1.29 is 25.8 Å². The predicted octanol–water partition coefficient (Wildman–Crippen LogP) is -0.308. The van der Waals surface area contributed by atoms with E-state index in [9.17, 15) is 5.11 Å². The molecule has 0 aromatic carbocycles. The maximum Gasteiger partial charge on any atom is 0.110 e. The van der Waals surface area contributed by atoms with E-state index in [4.69, 9.17) is 4.74 Å². The molecule has 5 nitrogen and oxygen atoms in total. The normalized spacial score (nSPS) is 48.4. The lowest BCUT2D eigenvalue weighted by Crippen LogP contribution is -2.98. The summed E-state index contributed by atoms with van der Waals surface area (Å²) in [4.78, 5) is 0. The SMILES string of the molecule is [CH2-][NH2+]C(C)(C)[C@@H]1CC[C@H]([C@H]2CC[C@](C)([NH2+][CH2-])[C@H]3CC[C@](C)([NH2+][CH2-])[C@@H](O)[C@H]23)O1. The summed E-state index contributed by atoms with van der Waals surface area (Å²) in [5.41, 5.74) is -0.0838. The molecule has 0 aromatic heterocycles. The van der Waals surface area contributed by atoms with Crippen molar-refractivity contribution in [1.82, 2.24) is 0 Å². The number of rotatable bonds is 5. The number of aliphatic hydroxyl groups excluding tert-OH is 1. The van der Waals surface area contributed by atoms with E-state index in [1.165, 1.54) is 0 Å². The zero-order chi connectivity index (χ0) is 20.0. The molecule has 2 saturated carbocycles. The molecule has 5 heteroatoms.